The van der Waals surface area contributed by atoms with E-state index >= 15 is 0 Å². The maximum absolute atomic E-state index is 11.8. The van der Waals surface area contributed by atoms with Gasteiger partial charge in [-0.1, -0.05) is 17.6 Å². The molecular formula is C16H23BN2O4. The normalized spacial score (nSPS) is 15.1. The summed E-state index contributed by atoms with van der Waals surface area (Å²) >= 11 is 0. The number of nitrogens with one attached hydrogen (secondary N) is 1. The zero-order chi connectivity index (χ0) is 16.7. The molecule has 0 radical (unpaired) electrons. The van der Waals surface area contributed by atoms with Gasteiger partial charge in [0.05, 0.1) is 6.61 Å². The van der Waals surface area contributed by atoms with E-state index in [0.29, 0.717) is 25.6 Å². The van der Waals surface area contributed by atoms with Gasteiger partial charge in [0.2, 0.25) is 0 Å². The summed E-state index contributed by atoms with van der Waals surface area (Å²) in [5.74, 6) is 1.00. The van der Waals surface area contributed by atoms with Gasteiger partial charge < -0.3 is 19.7 Å². The number of benzene rings is 1. The van der Waals surface area contributed by atoms with Crippen LogP contribution >= 0.6 is 0 Å². The molecule has 2 amide bonds. The maximum Gasteiger partial charge on any atom is 0.410 e. The molecule has 0 aromatic heterocycles. The highest BCUT2D eigenvalue weighted by molar-refractivity contribution is 6.32. The number of ether oxygens (including phenoxy) is 2. The number of nitrogens with zero attached hydrogens (tertiary/aromatic N) is 1. The van der Waals surface area contributed by atoms with Crippen molar-refractivity contribution in [2.45, 2.75) is 12.8 Å². The molecule has 1 N–H and O–H groups in total. The third-order valence-corrected chi connectivity index (χ3v) is 3.98. The first-order chi connectivity index (χ1) is 11.1. The zero-order valence-corrected chi connectivity index (χ0v) is 13.7. The number of likely N-dealkylation sites (N-methyl/N-ethyl adjacent to an activating group) is 1. The third-order valence-electron chi connectivity index (χ3n) is 3.98. The van der Waals surface area contributed by atoms with Crippen molar-refractivity contribution in [2.75, 3.05) is 33.4 Å². The van der Waals surface area contributed by atoms with Gasteiger partial charge in [0, 0.05) is 20.1 Å². The van der Waals surface area contributed by atoms with Gasteiger partial charge in [0.25, 0.3) is 5.91 Å². The van der Waals surface area contributed by atoms with E-state index in [1.54, 1.807) is 4.90 Å². The van der Waals surface area contributed by atoms with Crippen LogP contribution in [0.15, 0.2) is 24.3 Å². The second-order valence-electron chi connectivity index (χ2n) is 5.78. The minimum absolute atomic E-state index is 0.230. The van der Waals surface area contributed by atoms with Gasteiger partial charge in [0.15, 0.2) is 6.61 Å². The molecule has 124 valence electrons. The molecule has 1 aliphatic heterocycles. The summed E-state index contributed by atoms with van der Waals surface area (Å²) in [7, 11) is 3.55. The van der Waals surface area contributed by atoms with Crippen LogP contribution in [0.25, 0.3) is 0 Å². The Bertz CT molecular complexity index is 527. The second kappa shape index (κ2) is 8.46. The number of piperidine rings is 1. The lowest BCUT2D eigenvalue weighted by atomic mass is 9.96. The molecule has 0 bridgehead atoms. The fraction of sp³-hybridized carbons (Fsp3) is 0.500. The lowest BCUT2D eigenvalue weighted by Crippen LogP contribution is -2.41. The van der Waals surface area contributed by atoms with Gasteiger partial charge in [-0.3, -0.25) is 4.79 Å². The minimum atomic E-state index is -0.425. The fourth-order valence-corrected chi connectivity index (χ4v) is 2.42. The highest BCUT2D eigenvalue weighted by atomic mass is 16.6. The van der Waals surface area contributed by atoms with Crippen molar-refractivity contribution >= 4 is 25.3 Å². The van der Waals surface area contributed by atoms with Crippen LogP contribution < -0.4 is 15.5 Å². The molecule has 0 atom stereocenters. The van der Waals surface area contributed by atoms with Crippen LogP contribution in [-0.4, -0.2) is 58.1 Å². The summed E-state index contributed by atoms with van der Waals surface area (Å²) < 4.78 is 10.8. The summed E-state index contributed by atoms with van der Waals surface area (Å²) in [6.07, 6.45) is 1.33. The number of rotatable bonds is 5. The molecule has 7 heteroatoms. The summed E-state index contributed by atoms with van der Waals surface area (Å²) in [5, 5.41) is 2.41. The first kappa shape index (κ1) is 17.2. The molecule has 0 spiro atoms. The molecular weight excluding hydrogens is 295 g/mol. The lowest BCUT2D eigenvalue weighted by molar-refractivity contribution is -0.123. The monoisotopic (exact) mass is 318 g/mol. The van der Waals surface area contributed by atoms with Gasteiger partial charge in [-0.15, -0.1) is 0 Å². The molecule has 1 aliphatic rings. The summed E-state index contributed by atoms with van der Waals surface area (Å²) in [6, 6.07) is 8.00. The SMILES string of the molecule is Bc1ccc(OCC2CCN(C(=O)OCC(=O)NC)CC2)cc1. The van der Waals surface area contributed by atoms with Crippen molar-refractivity contribution in [2.24, 2.45) is 5.92 Å². The molecule has 0 unspecified atom stereocenters. The molecule has 0 aliphatic carbocycles. The summed E-state index contributed by atoms with van der Waals surface area (Å²) in [4.78, 5) is 24.5. The summed E-state index contributed by atoms with van der Waals surface area (Å²) in [6.45, 7) is 1.69. The van der Waals surface area contributed by atoms with Crippen molar-refractivity contribution in [1.29, 1.82) is 0 Å². The van der Waals surface area contributed by atoms with Crippen molar-refractivity contribution < 1.29 is 19.1 Å². The molecule has 6 nitrogen and oxygen atoms in total. The Hall–Kier alpha value is -2.18. The fourth-order valence-electron chi connectivity index (χ4n) is 2.42. The number of carbonyl (C=O) groups is 2. The van der Waals surface area contributed by atoms with E-state index in [9.17, 15) is 9.59 Å². The molecule has 2 rings (SSSR count). The second-order valence-corrected chi connectivity index (χ2v) is 5.78. The van der Waals surface area contributed by atoms with Gasteiger partial charge in [-0.25, -0.2) is 4.79 Å². The average Bonchev–Trinajstić information content (AvgIpc) is 2.59. The molecule has 1 aromatic rings. The van der Waals surface area contributed by atoms with Crippen LogP contribution in [0, 0.1) is 5.92 Å². The Morgan fingerprint density at radius 1 is 1.26 bits per heavy atom. The number of hydrogen-bond donors (Lipinski definition) is 1. The third kappa shape index (κ3) is 5.51. The van der Waals surface area contributed by atoms with Gasteiger partial charge in [-0.05, 0) is 30.9 Å². The van der Waals surface area contributed by atoms with Crippen molar-refractivity contribution in [3.05, 3.63) is 24.3 Å². The standard InChI is InChI=1S/C16H23BN2O4/c1-18-15(20)11-23-16(21)19-8-6-12(7-9-19)10-22-14-4-2-13(17)3-5-14/h2-5,12H,6-11,17H2,1H3,(H,18,20). The molecule has 1 aromatic carbocycles. The minimum Gasteiger partial charge on any atom is -0.493 e. The number of carbonyl (C=O) groups excluding carboxylic acids is 2. The highest BCUT2D eigenvalue weighted by Crippen LogP contribution is 2.19. The van der Waals surface area contributed by atoms with Crippen LogP contribution in [0.5, 0.6) is 5.75 Å². The molecule has 23 heavy (non-hydrogen) atoms. The Labute approximate surface area is 137 Å². The largest absolute Gasteiger partial charge is 0.493 e. The van der Waals surface area contributed by atoms with Gasteiger partial charge in [0.1, 0.15) is 13.6 Å². The van der Waals surface area contributed by atoms with Gasteiger partial charge in [-0.2, -0.15) is 0 Å². The topological polar surface area (TPSA) is 67.9 Å². The quantitative estimate of drug-likeness (QED) is 0.771. The van der Waals surface area contributed by atoms with Crippen molar-refractivity contribution in [1.82, 2.24) is 10.2 Å². The van der Waals surface area contributed by atoms with E-state index in [1.807, 2.05) is 32.1 Å². The number of amides is 2. The Kier molecular flexibility index (Phi) is 6.32. The first-order valence-electron chi connectivity index (χ1n) is 7.90. The van der Waals surface area contributed by atoms with Crippen LogP contribution in [0.4, 0.5) is 4.79 Å². The Morgan fingerprint density at radius 2 is 1.91 bits per heavy atom. The average molecular weight is 318 g/mol. The van der Waals surface area contributed by atoms with E-state index in [0.717, 1.165) is 18.6 Å². The van der Waals surface area contributed by atoms with Crippen molar-refractivity contribution in [3.8, 4) is 5.75 Å². The van der Waals surface area contributed by atoms with Crippen molar-refractivity contribution in [3.63, 3.8) is 0 Å². The highest BCUT2D eigenvalue weighted by Gasteiger charge is 2.24. The molecule has 1 fully saturated rings. The summed E-state index contributed by atoms with van der Waals surface area (Å²) in [5.41, 5.74) is 1.21. The Morgan fingerprint density at radius 3 is 2.52 bits per heavy atom. The van der Waals surface area contributed by atoms with E-state index in [-0.39, 0.29) is 12.5 Å². The van der Waals surface area contributed by atoms with E-state index in [4.69, 9.17) is 9.47 Å². The van der Waals surface area contributed by atoms with E-state index in [1.165, 1.54) is 12.5 Å². The van der Waals surface area contributed by atoms with E-state index < -0.39 is 6.09 Å². The smallest absolute Gasteiger partial charge is 0.410 e. The van der Waals surface area contributed by atoms with E-state index in [2.05, 4.69) is 5.32 Å². The lowest BCUT2D eigenvalue weighted by Gasteiger charge is -2.31. The van der Waals surface area contributed by atoms with Crippen LogP contribution in [0.2, 0.25) is 0 Å². The van der Waals surface area contributed by atoms with Crippen LogP contribution in [-0.2, 0) is 9.53 Å². The number of likely N-dealkylation sites (tertiary alicyclic amines) is 1. The van der Waals surface area contributed by atoms with Crippen LogP contribution in [0.1, 0.15) is 12.8 Å². The van der Waals surface area contributed by atoms with Crippen LogP contribution in [0.3, 0.4) is 0 Å². The molecule has 1 saturated heterocycles. The first-order valence-corrected chi connectivity index (χ1v) is 7.90. The maximum atomic E-state index is 11.8. The molecule has 0 saturated carbocycles. The number of hydrogen-bond acceptors (Lipinski definition) is 4. The predicted molar refractivity (Wildman–Crippen MR) is 89.8 cm³/mol. The molecule has 1 heterocycles. The zero-order valence-electron chi connectivity index (χ0n) is 13.7. The Balaban J connectivity index is 1.68. The van der Waals surface area contributed by atoms with Gasteiger partial charge >= 0.3 is 6.09 Å². The predicted octanol–water partition coefficient (Wildman–Crippen LogP) is -0.0816.